The predicted molar refractivity (Wildman–Crippen MR) is 186 cm³/mol. The quantitative estimate of drug-likeness (QED) is 0.206. The van der Waals surface area contributed by atoms with Crippen molar-refractivity contribution in [1.82, 2.24) is 30.2 Å². The molecule has 4 atom stereocenters. The van der Waals surface area contributed by atoms with Crippen molar-refractivity contribution in [3.63, 3.8) is 0 Å². The van der Waals surface area contributed by atoms with E-state index in [2.05, 4.69) is 48.1 Å². The topological polar surface area (TPSA) is 105 Å². The van der Waals surface area contributed by atoms with Gasteiger partial charge < -0.3 is 25.3 Å². The second kappa shape index (κ2) is 18.2. The van der Waals surface area contributed by atoms with Crippen LogP contribution >= 0.6 is 0 Å². The number of piperidine rings is 1. The summed E-state index contributed by atoms with van der Waals surface area (Å²) in [6.45, 7) is 25.2. The third-order valence-electron chi connectivity index (χ3n) is 9.81. The highest BCUT2D eigenvalue weighted by atomic mass is 16.2. The Balaban J connectivity index is 2.17. The molecule has 264 valence electrons. The molecular formula is C36H66N6O4. The highest BCUT2D eigenvalue weighted by Gasteiger charge is 2.40. The monoisotopic (exact) mass is 647 g/mol. The molecule has 0 saturated carbocycles. The SMILES string of the molecule is CCN(CC)CCCNC(=O)C1CCCN1C(=O)/C(C)=C/[C@H](C(C)C)N(C)C(=O)C(NC(=O)C1CCCCN1C(C)C)C(C)(C)C. The maximum Gasteiger partial charge on any atom is 0.249 e. The third-order valence-corrected chi connectivity index (χ3v) is 9.81. The molecule has 0 aliphatic carbocycles. The van der Waals surface area contributed by atoms with E-state index < -0.39 is 17.5 Å². The molecule has 10 heteroatoms. The Bertz CT molecular complexity index is 1050. The minimum Gasteiger partial charge on any atom is -0.354 e. The average molecular weight is 647 g/mol. The van der Waals surface area contributed by atoms with E-state index in [0.717, 1.165) is 58.3 Å². The van der Waals surface area contributed by atoms with Crippen LogP contribution in [-0.2, 0) is 19.2 Å². The van der Waals surface area contributed by atoms with Crippen molar-refractivity contribution in [2.75, 3.05) is 46.3 Å². The summed E-state index contributed by atoms with van der Waals surface area (Å²) in [5.41, 5.74) is 0.00126. The van der Waals surface area contributed by atoms with Crippen LogP contribution in [-0.4, -0.2) is 120 Å². The van der Waals surface area contributed by atoms with E-state index in [-0.39, 0.29) is 47.7 Å². The molecule has 0 bridgehead atoms. The summed E-state index contributed by atoms with van der Waals surface area (Å²) >= 11 is 0. The smallest absolute Gasteiger partial charge is 0.249 e. The Morgan fingerprint density at radius 3 is 2.11 bits per heavy atom. The summed E-state index contributed by atoms with van der Waals surface area (Å²) in [6.07, 6.45) is 7.03. The fourth-order valence-corrected chi connectivity index (χ4v) is 6.85. The molecule has 0 aromatic carbocycles. The Morgan fingerprint density at radius 2 is 1.54 bits per heavy atom. The second-order valence-corrected chi connectivity index (χ2v) is 15.0. The van der Waals surface area contributed by atoms with Crippen LogP contribution in [0.1, 0.15) is 108 Å². The Kier molecular flexibility index (Phi) is 15.7. The first kappa shape index (κ1) is 39.7. The summed E-state index contributed by atoms with van der Waals surface area (Å²) in [5.74, 6) is -0.510. The number of carbonyl (C=O) groups is 4. The van der Waals surface area contributed by atoms with Gasteiger partial charge in [-0.25, -0.2) is 0 Å². The van der Waals surface area contributed by atoms with Crippen LogP contribution < -0.4 is 10.6 Å². The van der Waals surface area contributed by atoms with E-state index in [4.69, 9.17) is 0 Å². The number of hydrogen-bond acceptors (Lipinski definition) is 6. The van der Waals surface area contributed by atoms with Gasteiger partial charge in [-0.1, -0.05) is 61.0 Å². The van der Waals surface area contributed by atoms with Crippen LogP contribution in [0, 0.1) is 11.3 Å². The van der Waals surface area contributed by atoms with Crippen molar-refractivity contribution in [1.29, 1.82) is 0 Å². The number of nitrogens with one attached hydrogen (secondary N) is 2. The number of carbonyl (C=O) groups excluding carboxylic acids is 4. The van der Waals surface area contributed by atoms with E-state index in [1.54, 1.807) is 23.8 Å². The lowest BCUT2D eigenvalue weighted by Gasteiger charge is -2.41. The van der Waals surface area contributed by atoms with E-state index in [0.29, 0.717) is 25.1 Å². The molecule has 3 unspecified atom stereocenters. The van der Waals surface area contributed by atoms with E-state index in [9.17, 15) is 19.2 Å². The van der Waals surface area contributed by atoms with Crippen LogP contribution in [0.5, 0.6) is 0 Å². The summed E-state index contributed by atoms with van der Waals surface area (Å²) in [5, 5.41) is 6.19. The van der Waals surface area contributed by atoms with Gasteiger partial charge in [0.05, 0.1) is 12.1 Å². The zero-order valence-electron chi connectivity index (χ0n) is 30.9. The van der Waals surface area contributed by atoms with Crippen molar-refractivity contribution in [3.05, 3.63) is 11.6 Å². The lowest BCUT2D eigenvalue weighted by atomic mass is 9.84. The van der Waals surface area contributed by atoms with Crippen molar-refractivity contribution in [2.45, 2.75) is 138 Å². The molecule has 0 aromatic heterocycles. The minimum atomic E-state index is -0.722. The van der Waals surface area contributed by atoms with Gasteiger partial charge >= 0.3 is 0 Å². The zero-order chi connectivity index (χ0) is 34.8. The molecular weight excluding hydrogens is 580 g/mol. The van der Waals surface area contributed by atoms with E-state index >= 15 is 0 Å². The van der Waals surface area contributed by atoms with Gasteiger partial charge in [-0.3, -0.25) is 24.1 Å². The molecule has 2 saturated heterocycles. The largest absolute Gasteiger partial charge is 0.354 e. The lowest BCUT2D eigenvalue weighted by molar-refractivity contribution is -0.142. The number of nitrogens with zero attached hydrogens (tertiary/aromatic N) is 4. The third kappa shape index (κ3) is 10.8. The van der Waals surface area contributed by atoms with Gasteiger partial charge in [0, 0.05) is 31.8 Å². The highest BCUT2D eigenvalue weighted by Crippen LogP contribution is 2.27. The van der Waals surface area contributed by atoms with Gasteiger partial charge in [-0.05, 0) is 90.4 Å². The van der Waals surface area contributed by atoms with Crippen LogP contribution in [0.4, 0.5) is 0 Å². The standard InChI is InChI=1S/C36H66N6O4/c1-12-40(13-2)21-17-20-37-32(43)28-19-16-23-42(28)34(45)27(7)24-30(25(3)4)39(11)35(46)31(36(8,9)10)38-33(44)29-18-14-15-22-41(29)26(5)6/h24-26,28-31H,12-23H2,1-11H3,(H,37,43)(H,38,44)/b27-24+/t28?,29?,30-,31?/m1/s1. The summed E-state index contributed by atoms with van der Waals surface area (Å²) < 4.78 is 0. The maximum absolute atomic E-state index is 14.1. The van der Waals surface area contributed by atoms with Gasteiger partial charge in [0.25, 0.3) is 0 Å². The number of hydrogen-bond donors (Lipinski definition) is 2. The fraction of sp³-hybridized carbons (Fsp3) is 0.833. The second-order valence-electron chi connectivity index (χ2n) is 15.0. The normalized spacial score (nSPS) is 21.1. The number of rotatable bonds is 15. The van der Waals surface area contributed by atoms with Crippen molar-refractivity contribution in [3.8, 4) is 0 Å². The van der Waals surface area contributed by atoms with E-state index in [1.165, 1.54) is 0 Å². The van der Waals surface area contributed by atoms with Crippen molar-refractivity contribution < 1.29 is 19.2 Å². The van der Waals surface area contributed by atoms with Crippen LogP contribution in [0.25, 0.3) is 0 Å². The molecule has 4 amide bonds. The molecule has 2 rings (SSSR count). The van der Waals surface area contributed by atoms with Gasteiger partial charge in [0.15, 0.2) is 0 Å². The van der Waals surface area contributed by atoms with Gasteiger partial charge in [0.2, 0.25) is 23.6 Å². The molecule has 2 N–H and O–H groups in total. The van der Waals surface area contributed by atoms with Gasteiger partial charge in [-0.2, -0.15) is 0 Å². The molecule has 0 radical (unpaired) electrons. The first-order valence-corrected chi connectivity index (χ1v) is 17.9. The molecule has 2 heterocycles. The Hall–Kier alpha value is -2.46. The predicted octanol–water partition coefficient (Wildman–Crippen LogP) is 4.05. The highest BCUT2D eigenvalue weighted by molar-refractivity contribution is 5.97. The molecule has 0 spiro atoms. The van der Waals surface area contributed by atoms with E-state index in [1.807, 2.05) is 40.7 Å². The molecule has 0 aromatic rings. The average Bonchev–Trinajstić information content (AvgIpc) is 3.50. The molecule has 2 aliphatic rings. The number of likely N-dealkylation sites (tertiary alicyclic amines) is 2. The molecule has 46 heavy (non-hydrogen) atoms. The van der Waals surface area contributed by atoms with Crippen molar-refractivity contribution >= 4 is 23.6 Å². The van der Waals surface area contributed by atoms with Crippen molar-refractivity contribution in [2.24, 2.45) is 11.3 Å². The van der Waals surface area contributed by atoms with Gasteiger partial charge in [0.1, 0.15) is 12.1 Å². The summed E-state index contributed by atoms with van der Waals surface area (Å²) in [6, 6.07) is -1.57. The van der Waals surface area contributed by atoms with Crippen LogP contribution in [0.2, 0.25) is 0 Å². The Morgan fingerprint density at radius 1 is 0.913 bits per heavy atom. The lowest BCUT2D eigenvalue weighted by Crippen LogP contribution is -2.60. The fourth-order valence-electron chi connectivity index (χ4n) is 6.85. The van der Waals surface area contributed by atoms with Crippen LogP contribution in [0.15, 0.2) is 11.6 Å². The summed E-state index contributed by atoms with van der Waals surface area (Å²) in [7, 11) is 1.76. The zero-order valence-corrected chi connectivity index (χ0v) is 30.9. The number of amides is 4. The van der Waals surface area contributed by atoms with Crippen LogP contribution in [0.3, 0.4) is 0 Å². The molecule has 10 nitrogen and oxygen atoms in total. The maximum atomic E-state index is 14.1. The molecule has 2 aliphatic heterocycles. The van der Waals surface area contributed by atoms with Gasteiger partial charge in [-0.15, -0.1) is 0 Å². The minimum absolute atomic E-state index is 0.0197. The first-order chi connectivity index (χ1) is 21.5. The Labute approximate surface area is 280 Å². The molecule has 2 fully saturated rings. The first-order valence-electron chi connectivity index (χ1n) is 17.9. The number of likely N-dealkylation sites (N-methyl/N-ethyl adjacent to an activating group) is 1. The summed E-state index contributed by atoms with van der Waals surface area (Å²) in [4.78, 5) is 62.5.